The highest BCUT2D eigenvalue weighted by atomic mass is 35.5. The average molecular weight is 385 g/mol. The maximum absolute atomic E-state index is 12.6. The molecule has 0 unspecified atom stereocenters. The van der Waals surface area contributed by atoms with Gasteiger partial charge in [-0.15, -0.1) is 0 Å². The Kier molecular flexibility index (Phi) is 5.73. The molecule has 0 atom stereocenters. The van der Waals surface area contributed by atoms with E-state index in [0.717, 1.165) is 0 Å². The van der Waals surface area contributed by atoms with Gasteiger partial charge in [0.25, 0.3) is 5.91 Å². The lowest BCUT2D eigenvalue weighted by atomic mass is 10.1. The van der Waals surface area contributed by atoms with Gasteiger partial charge in [-0.1, -0.05) is 28.9 Å². The molecule has 0 aliphatic carbocycles. The first kappa shape index (κ1) is 18.5. The molecule has 7 nitrogen and oxygen atoms in total. The number of nitrogens with one attached hydrogen (secondary N) is 3. The topological polar surface area (TPSA) is 96.3 Å². The van der Waals surface area contributed by atoms with Crippen LogP contribution in [-0.4, -0.2) is 23.5 Å². The highest BCUT2D eigenvalue weighted by Gasteiger charge is 2.13. The van der Waals surface area contributed by atoms with E-state index in [-0.39, 0.29) is 18.4 Å². The van der Waals surface area contributed by atoms with Crippen molar-refractivity contribution in [3.8, 4) is 0 Å². The highest BCUT2D eigenvalue weighted by Crippen LogP contribution is 2.19. The Morgan fingerprint density at radius 1 is 1.07 bits per heavy atom. The van der Waals surface area contributed by atoms with Crippen molar-refractivity contribution in [1.29, 1.82) is 0 Å². The Labute approximate surface area is 160 Å². The summed E-state index contributed by atoms with van der Waals surface area (Å²) >= 11 is 5.85. The maximum Gasteiger partial charge on any atom is 0.257 e. The molecule has 2 aromatic carbocycles. The summed E-state index contributed by atoms with van der Waals surface area (Å²) < 4.78 is 4.90. The second-order valence-electron chi connectivity index (χ2n) is 5.73. The third-order valence-electron chi connectivity index (χ3n) is 3.61. The summed E-state index contributed by atoms with van der Waals surface area (Å²) in [6.07, 6.45) is 0. The number of para-hydroxylation sites is 1. The van der Waals surface area contributed by atoms with Crippen molar-refractivity contribution in [3.05, 3.63) is 70.9 Å². The number of hydrogen-bond donors (Lipinski definition) is 3. The Morgan fingerprint density at radius 2 is 1.81 bits per heavy atom. The molecule has 0 bridgehead atoms. The van der Waals surface area contributed by atoms with Gasteiger partial charge in [-0.3, -0.25) is 9.59 Å². The molecule has 8 heteroatoms. The molecule has 3 N–H and O–H groups in total. The Morgan fingerprint density at radius 3 is 2.52 bits per heavy atom. The monoisotopic (exact) mass is 384 g/mol. The summed E-state index contributed by atoms with van der Waals surface area (Å²) in [5, 5.41) is 12.7. The Hall–Kier alpha value is -3.32. The van der Waals surface area contributed by atoms with Crippen molar-refractivity contribution < 1.29 is 14.1 Å². The molecule has 0 fully saturated rings. The summed E-state index contributed by atoms with van der Waals surface area (Å²) in [7, 11) is 0. The van der Waals surface area contributed by atoms with E-state index >= 15 is 0 Å². The smallest absolute Gasteiger partial charge is 0.257 e. The normalized spacial score (nSPS) is 10.3. The molecule has 0 radical (unpaired) electrons. The van der Waals surface area contributed by atoms with Gasteiger partial charge in [-0.2, -0.15) is 0 Å². The van der Waals surface area contributed by atoms with Gasteiger partial charge in [0, 0.05) is 22.5 Å². The first-order valence-electron chi connectivity index (χ1n) is 8.14. The quantitative estimate of drug-likeness (QED) is 0.598. The van der Waals surface area contributed by atoms with Crippen molar-refractivity contribution in [1.82, 2.24) is 5.16 Å². The fraction of sp³-hybridized carbons (Fsp3) is 0.105. The van der Waals surface area contributed by atoms with Crippen molar-refractivity contribution >= 4 is 40.6 Å². The predicted molar refractivity (Wildman–Crippen MR) is 104 cm³/mol. The molecule has 0 aliphatic rings. The lowest BCUT2D eigenvalue weighted by molar-refractivity contribution is -0.114. The van der Waals surface area contributed by atoms with Crippen molar-refractivity contribution in [2.24, 2.45) is 0 Å². The van der Waals surface area contributed by atoms with Crippen LogP contribution in [0.5, 0.6) is 0 Å². The van der Waals surface area contributed by atoms with Gasteiger partial charge in [0.1, 0.15) is 5.76 Å². The number of aryl methyl sites for hydroxylation is 1. The van der Waals surface area contributed by atoms with Gasteiger partial charge >= 0.3 is 0 Å². The largest absolute Gasteiger partial charge is 0.375 e. The van der Waals surface area contributed by atoms with Crippen LogP contribution < -0.4 is 16.0 Å². The molecule has 0 saturated carbocycles. The minimum Gasteiger partial charge on any atom is -0.375 e. The van der Waals surface area contributed by atoms with Crippen molar-refractivity contribution in [3.63, 3.8) is 0 Å². The fourth-order valence-corrected chi connectivity index (χ4v) is 2.48. The molecular formula is C19H17ClN4O3. The van der Waals surface area contributed by atoms with E-state index in [9.17, 15) is 9.59 Å². The zero-order chi connectivity index (χ0) is 19.2. The standard InChI is InChI=1S/C19H17ClN4O3/c1-12-10-17(24-27-12)23-18(25)11-21-16-5-3-2-4-15(16)19(26)22-14-8-6-13(20)7-9-14/h2-10,21H,11H2,1H3,(H,22,26)(H,23,24,25). The van der Waals surface area contributed by atoms with Crippen LogP contribution in [0.1, 0.15) is 16.1 Å². The predicted octanol–water partition coefficient (Wildman–Crippen LogP) is 3.94. The summed E-state index contributed by atoms with van der Waals surface area (Å²) in [4.78, 5) is 24.6. The highest BCUT2D eigenvalue weighted by molar-refractivity contribution is 6.30. The molecule has 0 saturated heterocycles. The summed E-state index contributed by atoms with van der Waals surface area (Å²) in [6.45, 7) is 1.70. The van der Waals surface area contributed by atoms with E-state index in [2.05, 4.69) is 21.1 Å². The maximum atomic E-state index is 12.6. The zero-order valence-corrected chi connectivity index (χ0v) is 15.2. The first-order chi connectivity index (χ1) is 13.0. The van der Waals surface area contributed by atoms with Gasteiger partial charge in [-0.05, 0) is 43.3 Å². The number of anilines is 3. The second kappa shape index (κ2) is 8.37. The van der Waals surface area contributed by atoms with E-state index in [4.69, 9.17) is 16.1 Å². The third kappa shape index (κ3) is 5.08. The van der Waals surface area contributed by atoms with Crippen LogP contribution in [0.2, 0.25) is 5.02 Å². The number of rotatable bonds is 6. The number of halogens is 1. The van der Waals surface area contributed by atoms with Crippen LogP contribution in [0.25, 0.3) is 0 Å². The van der Waals surface area contributed by atoms with E-state index in [1.165, 1.54) is 0 Å². The van der Waals surface area contributed by atoms with Gasteiger partial charge in [0.2, 0.25) is 5.91 Å². The fourth-order valence-electron chi connectivity index (χ4n) is 2.35. The Bertz CT molecular complexity index is 954. The summed E-state index contributed by atoms with van der Waals surface area (Å²) in [6, 6.07) is 15.4. The Balaban J connectivity index is 1.63. The number of carbonyl (C=O) groups excluding carboxylic acids is 2. The van der Waals surface area contributed by atoms with E-state index in [0.29, 0.717) is 33.5 Å². The number of carbonyl (C=O) groups is 2. The molecule has 0 aliphatic heterocycles. The van der Waals surface area contributed by atoms with E-state index in [1.54, 1.807) is 61.5 Å². The van der Waals surface area contributed by atoms with Crippen LogP contribution in [0.15, 0.2) is 59.1 Å². The number of benzene rings is 2. The van der Waals surface area contributed by atoms with Crippen LogP contribution in [-0.2, 0) is 4.79 Å². The van der Waals surface area contributed by atoms with E-state index < -0.39 is 0 Å². The number of aromatic nitrogens is 1. The molecule has 3 rings (SSSR count). The lowest BCUT2D eigenvalue weighted by Gasteiger charge is -2.12. The zero-order valence-electron chi connectivity index (χ0n) is 14.5. The van der Waals surface area contributed by atoms with Crippen LogP contribution in [0.3, 0.4) is 0 Å². The van der Waals surface area contributed by atoms with Crippen molar-refractivity contribution in [2.45, 2.75) is 6.92 Å². The van der Waals surface area contributed by atoms with E-state index in [1.807, 2.05) is 0 Å². The number of hydrogen-bond acceptors (Lipinski definition) is 5. The number of nitrogens with zero attached hydrogens (tertiary/aromatic N) is 1. The van der Waals surface area contributed by atoms with Gasteiger partial charge in [0.05, 0.1) is 12.1 Å². The molecule has 1 heterocycles. The molecule has 2 amide bonds. The minimum absolute atomic E-state index is 0.0306. The number of amides is 2. The summed E-state index contributed by atoms with van der Waals surface area (Å²) in [5.41, 5.74) is 1.58. The van der Waals surface area contributed by atoms with Gasteiger partial charge in [0.15, 0.2) is 5.82 Å². The van der Waals surface area contributed by atoms with Crippen LogP contribution in [0, 0.1) is 6.92 Å². The van der Waals surface area contributed by atoms with Gasteiger partial charge in [-0.25, -0.2) is 0 Å². The lowest BCUT2D eigenvalue weighted by Crippen LogP contribution is -2.23. The second-order valence-corrected chi connectivity index (χ2v) is 6.17. The third-order valence-corrected chi connectivity index (χ3v) is 3.86. The molecule has 138 valence electrons. The first-order valence-corrected chi connectivity index (χ1v) is 8.52. The van der Waals surface area contributed by atoms with Crippen LogP contribution in [0.4, 0.5) is 17.2 Å². The molecular weight excluding hydrogens is 368 g/mol. The van der Waals surface area contributed by atoms with Crippen molar-refractivity contribution in [2.75, 3.05) is 22.5 Å². The summed E-state index contributed by atoms with van der Waals surface area (Å²) in [5.74, 6) is 0.333. The molecule has 27 heavy (non-hydrogen) atoms. The SMILES string of the molecule is Cc1cc(NC(=O)CNc2ccccc2C(=O)Nc2ccc(Cl)cc2)no1. The molecule has 3 aromatic rings. The van der Waals surface area contributed by atoms with Gasteiger partial charge < -0.3 is 20.5 Å². The average Bonchev–Trinajstić information content (AvgIpc) is 3.06. The molecule has 1 aromatic heterocycles. The van der Waals surface area contributed by atoms with Crippen LogP contribution >= 0.6 is 11.6 Å². The molecule has 0 spiro atoms. The minimum atomic E-state index is -0.309.